The van der Waals surface area contributed by atoms with E-state index in [1.54, 1.807) is 7.11 Å². The summed E-state index contributed by atoms with van der Waals surface area (Å²) in [6, 6.07) is 6.32. The Balaban J connectivity index is 1.67. The molecule has 126 valence electrons. The molecule has 1 aromatic rings. The van der Waals surface area contributed by atoms with E-state index in [4.69, 9.17) is 14.5 Å². The van der Waals surface area contributed by atoms with Crippen molar-refractivity contribution in [2.75, 3.05) is 13.7 Å². The number of nitrogens with one attached hydrogen (secondary N) is 2. The highest BCUT2D eigenvalue weighted by atomic mass is 79.9. The van der Waals surface area contributed by atoms with Gasteiger partial charge in [0.1, 0.15) is 5.75 Å². The lowest BCUT2D eigenvalue weighted by molar-refractivity contribution is 0.0992. The van der Waals surface area contributed by atoms with Gasteiger partial charge in [-0.25, -0.2) is 4.99 Å². The fourth-order valence-electron chi connectivity index (χ4n) is 3.25. The van der Waals surface area contributed by atoms with E-state index >= 15 is 0 Å². The minimum Gasteiger partial charge on any atom is -0.497 e. The van der Waals surface area contributed by atoms with Crippen molar-refractivity contribution in [2.45, 2.75) is 51.0 Å². The Hall–Kier alpha value is -1.27. The van der Waals surface area contributed by atoms with Crippen LogP contribution in [0.1, 0.15) is 31.7 Å². The molecule has 2 saturated heterocycles. The maximum atomic E-state index is 5.91. The molecule has 3 rings (SSSR count). The number of hydrogen-bond donors (Lipinski definition) is 2. The van der Waals surface area contributed by atoms with Gasteiger partial charge in [0.25, 0.3) is 0 Å². The maximum Gasteiger partial charge on any atom is 0.191 e. The van der Waals surface area contributed by atoms with E-state index < -0.39 is 0 Å². The first-order chi connectivity index (χ1) is 11.2. The highest BCUT2D eigenvalue weighted by molar-refractivity contribution is 9.10. The first-order valence-electron chi connectivity index (χ1n) is 8.22. The molecule has 23 heavy (non-hydrogen) atoms. The quantitative estimate of drug-likeness (QED) is 0.608. The molecule has 0 spiro atoms. The zero-order valence-corrected chi connectivity index (χ0v) is 15.2. The number of guanidine groups is 1. The van der Waals surface area contributed by atoms with Gasteiger partial charge in [0.2, 0.25) is 0 Å². The summed E-state index contributed by atoms with van der Waals surface area (Å²) in [4.78, 5) is 4.72. The van der Waals surface area contributed by atoms with Crippen LogP contribution in [-0.2, 0) is 11.3 Å². The fraction of sp³-hybridized carbons (Fsp3) is 0.588. The summed E-state index contributed by atoms with van der Waals surface area (Å²) < 4.78 is 12.2. The standard InChI is InChI=1S/C17H24BrN3O2/c1-3-19-17(21-15-9-13-5-7-16(15)23-13)20-10-11-8-12(22-2)4-6-14(11)18/h4,6,8,13,15-16H,3,5,7,9-10H2,1-2H3,(H2,19,20,21). The molecule has 5 nitrogen and oxygen atoms in total. The van der Waals surface area contributed by atoms with Crippen molar-refractivity contribution in [3.05, 3.63) is 28.2 Å². The fourth-order valence-corrected chi connectivity index (χ4v) is 3.62. The molecule has 0 radical (unpaired) electrons. The van der Waals surface area contributed by atoms with Crippen molar-refractivity contribution in [2.24, 2.45) is 4.99 Å². The van der Waals surface area contributed by atoms with Crippen LogP contribution < -0.4 is 15.4 Å². The van der Waals surface area contributed by atoms with Gasteiger partial charge < -0.3 is 20.1 Å². The first kappa shape index (κ1) is 16.6. The molecule has 0 saturated carbocycles. The third-order valence-electron chi connectivity index (χ3n) is 4.43. The van der Waals surface area contributed by atoms with Crippen LogP contribution in [0.3, 0.4) is 0 Å². The van der Waals surface area contributed by atoms with E-state index in [1.165, 1.54) is 6.42 Å². The Morgan fingerprint density at radius 2 is 2.30 bits per heavy atom. The molecule has 3 unspecified atom stereocenters. The SMILES string of the molecule is CCNC(=NCc1cc(OC)ccc1Br)NC1CC2CCC1O2. The second kappa shape index (κ2) is 7.53. The Morgan fingerprint density at radius 1 is 1.43 bits per heavy atom. The van der Waals surface area contributed by atoms with E-state index in [-0.39, 0.29) is 0 Å². The molecule has 0 amide bonds. The molecule has 2 aliphatic heterocycles. The van der Waals surface area contributed by atoms with Crippen LogP contribution in [0.2, 0.25) is 0 Å². The highest BCUT2D eigenvalue weighted by Gasteiger charge is 2.41. The molecule has 2 bridgehead atoms. The number of benzene rings is 1. The number of aliphatic imine (C=N–C) groups is 1. The minimum absolute atomic E-state index is 0.340. The number of halogens is 1. The maximum absolute atomic E-state index is 5.91. The molecule has 0 aliphatic carbocycles. The lowest BCUT2D eigenvalue weighted by atomic mass is 9.96. The molecule has 6 heteroatoms. The van der Waals surface area contributed by atoms with Crippen molar-refractivity contribution in [3.63, 3.8) is 0 Å². The van der Waals surface area contributed by atoms with Crippen molar-refractivity contribution in [1.29, 1.82) is 0 Å². The molecule has 2 aliphatic rings. The summed E-state index contributed by atoms with van der Waals surface area (Å²) in [7, 11) is 1.68. The van der Waals surface area contributed by atoms with Crippen LogP contribution in [0.4, 0.5) is 0 Å². The van der Waals surface area contributed by atoms with Gasteiger partial charge in [-0.2, -0.15) is 0 Å². The van der Waals surface area contributed by atoms with Crippen LogP contribution in [0.25, 0.3) is 0 Å². The zero-order chi connectivity index (χ0) is 16.2. The molecular weight excluding hydrogens is 358 g/mol. The van der Waals surface area contributed by atoms with Gasteiger partial charge in [0, 0.05) is 11.0 Å². The Kier molecular flexibility index (Phi) is 5.43. The van der Waals surface area contributed by atoms with Crippen molar-refractivity contribution >= 4 is 21.9 Å². The van der Waals surface area contributed by atoms with Crippen LogP contribution in [0.15, 0.2) is 27.7 Å². The number of nitrogens with zero attached hydrogens (tertiary/aromatic N) is 1. The van der Waals surface area contributed by atoms with Crippen molar-refractivity contribution in [3.8, 4) is 5.75 Å². The summed E-state index contributed by atoms with van der Waals surface area (Å²) >= 11 is 3.58. The molecule has 1 aromatic carbocycles. The highest BCUT2D eigenvalue weighted by Crippen LogP contribution is 2.34. The molecule has 0 aromatic heterocycles. The number of ether oxygens (including phenoxy) is 2. The van der Waals surface area contributed by atoms with Crippen LogP contribution >= 0.6 is 15.9 Å². The van der Waals surface area contributed by atoms with Crippen LogP contribution in [-0.4, -0.2) is 37.9 Å². The van der Waals surface area contributed by atoms with E-state index in [1.807, 2.05) is 18.2 Å². The second-order valence-corrected chi connectivity index (χ2v) is 6.87. The Labute approximate surface area is 146 Å². The summed E-state index contributed by atoms with van der Waals surface area (Å²) in [5, 5.41) is 6.86. The van der Waals surface area contributed by atoms with Gasteiger partial charge >= 0.3 is 0 Å². The smallest absolute Gasteiger partial charge is 0.191 e. The summed E-state index contributed by atoms with van der Waals surface area (Å²) in [5.41, 5.74) is 1.10. The average molecular weight is 382 g/mol. The Bertz CT molecular complexity index is 579. The lowest BCUT2D eigenvalue weighted by Crippen LogP contribution is -2.47. The largest absolute Gasteiger partial charge is 0.497 e. The third kappa shape index (κ3) is 3.98. The number of methoxy groups -OCH3 is 1. The number of rotatable bonds is 5. The molecule has 3 atom stereocenters. The van der Waals surface area contributed by atoms with Gasteiger partial charge in [-0.3, -0.25) is 0 Å². The zero-order valence-electron chi connectivity index (χ0n) is 13.6. The molecular formula is C17H24BrN3O2. The monoisotopic (exact) mass is 381 g/mol. The van der Waals surface area contributed by atoms with Crippen molar-refractivity contribution in [1.82, 2.24) is 10.6 Å². The van der Waals surface area contributed by atoms with E-state index in [9.17, 15) is 0 Å². The van der Waals surface area contributed by atoms with E-state index in [0.717, 1.165) is 41.1 Å². The average Bonchev–Trinajstić information content (AvgIpc) is 3.17. The predicted octanol–water partition coefficient (Wildman–Crippen LogP) is 2.83. The second-order valence-electron chi connectivity index (χ2n) is 6.01. The predicted molar refractivity (Wildman–Crippen MR) is 94.9 cm³/mol. The van der Waals surface area contributed by atoms with E-state index in [0.29, 0.717) is 24.8 Å². The minimum atomic E-state index is 0.340. The van der Waals surface area contributed by atoms with Crippen molar-refractivity contribution < 1.29 is 9.47 Å². The van der Waals surface area contributed by atoms with Gasteiger partial charge in [-0.05, 0) is 49.9 Å². The molecule has 2 heterocycles. The normalized spacial score (nSPS) is 26.4. The first-order valence-corrected chi connectivity index (χ1v) is 9.01. The topological polar surface area (TPSA) is 54.9 Å². The number of hydrogen-bond acceptors (Lipinski definition) is 3. The summed E-state index contributed by atoms with van der Waals surface area (Å²) in [6.45, 7) is 3.51. The van der Waals surface area contributed by atoms with Gasteiger partial charge in [0.15, 0.2) is 5.96 Å². The molecule has 2 N–H and O–H groups in total. The summed E-state index contributed by atoms with van der Waals surface area (Å²) in [6.07, 6.45) is 4.22. The Morgan fingerprint density at radius 3 is 2.96 bits per heavy atom. The van der Waals surface area contributed by atoms with Crippen LogP contribution in [0.5, 0.6) is 5.75 Å². The van der Waals surface area contributed by atoms with Crippen LogP contribution in [0, 0.1) is 0 Å². The van der Waals surface area contributed by atoms with Gasteiger partial charge in [-0.15, -0.1) is 0 Å². The number of fused-ring (bicyclic) bond motifs is 2. The third-order valence-corrected chi connectivity index (χ3v) is 5.21. The summed E-state index contributed by atoms with van der Waals surface area (Å²) in [5.74, 6) is 1.70. The van der Waals surface area contributed by atoms with Gasteiger partial charge in [-0.1, -0.05) is 15.9 Å². The molecule has 2 fully saturated rings. The lowest BCUT2D eigenvalue weighted by Gasteiger charge is -2.22. The van der Waals surface area contributed by atoms with Gasteiger partial charge in [0.05, 0.1) is 31.9 Å². The van der Waals surface area contributed by atoms with E-state index in [2.05, 4.69) is 33.5 Å².